The van der Waals surface area contributed by atoms with Crippen molar-refractivity contribution in [1.82, 2.24) is 0 Å². The molecule has 0 aromatic rings. The first kappa shape index (κ1) is 60.8. The molecule has 9 heteroatoms. The van der Waals surface area contributed by atoms with Crippen LogP contribution in [-0.4, -0.2) is 61.0 Å². The van der Waals surface area contributed by atoms with Crippen LogP contribution in [0.25, 0.3) is 0 Å². The molecule has 0 aromatic carbocycles. The first-order chi connectivity index (χ1) is 30.8. The lowest BCUT2D eigenvalue weighted by Gasteiger charge is -2.18. The van der Waals surface area contributed by atoms with Crippen molar-refractivity contribution in [3.05, 3.63) is 0 Å². The normalized spacial score (nSPS) is 11.5. The molecule has 0 fully saturated rings. The molecule has 63 heavy (non-hydrogen) atoms. The first-order valence-electron chi connectivity index (χ1n) is 27.1. The van der Waals surface area contributed by atoms with Crippen molar-refractivity contribution < 1.29 is 43.2 Å². The Morgan fingerprint density at radius 3 is 0.841 bits per heavy atom. The first-order valence-corrected chi connectivity index (χ1v) is 27.1. The Morgan fingerprint density at radius 1 is 0.333 bits per heavy atom. The molecule has 372 valence electrons. The summed E-state index contributed by atoms with van der Waals surface area (Å²) in [6.07, 6.45) is 41.3. The highest BCUT2D eigenvalue weighted by Gasteiger charge is 2.17. The summed E-state index contributed by atoms with van der Waals surface area (Å²) >= 11 is 0. The molecular formula is C54H102O9. The summed E-state index contributed by atoms with van der Waals surface area (Å²) < 4.78 is 22.7. The molecule has 0 spiro atoms. The van der Waals surface area contributed by atoms with Gasteiger partial charge in [-0.3, -0.25) is 19.2 Å². The second-order valence-electron chi connectivity index (χ2n) is 18.7. The van der Waals surface area contributed by atoms with Crippen molar-refractivity contribution in [2.45, 2.75) is 297 Å². The van der Waals surface area contributed by atoms with Crippen LogP contribution >= 0.6 is 0 Å². The van der Waals surface area contributed by atoms with Crippen molar-refractivity contribution in [1.29, 1.82) is 0 Å². The lowest BCUT2D eigenvalue weighted by molar-refractivity contribution is -0.151. The van der Waals surface area contributed by atoms with Gasteiger partial charge in [-0.25, -0.2) is 0 Å². The Morgan fingerprint density at radius 2 is 0.571 bits per heavy atom. The van der Waals surface area contributed by atoms with Gasteiger partial charge in [0.05, 0.1) is 25.7 Å². The third kappa shape index (κ3) is 43.5. The van der Waals surface area contributed by atoms with Crippen LogP contribution in [-0.2, 0) is 38.1 Å². The second-order valence-corrected chi connectivity index (χ2v) is 18.7. The highest BCUT2D eigenvalue weighted by molar-refractivity contribution is 5.70. The standard InChI is InChI=1S/C54H102O9/c1-5-9-13-17-21-29-37-49(38-30-22-18-14-10-6-2)62-53(58)43-35-27-25-33-41-51(56)60-46-48(45-55)47-61-52(57)42-34-26-28-36-44-54(59)63-50(39-31-23-19-15-11-7-3)40-32-24-20-16-12-8-4/h48-50,55H,5-47H2,1-4H3. The summed E-state index contributed by atoms with van der Waals surface area (Å²) in [6.45, 7) is 8.70. The van der Waals surface area contributed by atoms with Gasteiger partial charge in [0.15, 0.2) is 0 Å². The summed E-state index contributed by atoms with van der Waals surface area (Å²) in [7, 11) is 0. The van der Waals surface area contributed by atoms with E-state index in [9.17, 15) is 24.3 Å². The van der Waals surface area contributed by atoms with Crippen molar-refractivity contribution in [2.75, 3.05) is 19.8 Å². The largest absolute Gasteiger partial charge is 0.465 e. The number of esters is 4. The molecule has 0 rings (SSSR count). The van der Waals surface area contributed by atoms with E-state index < -0.39 is 5.92 Å². The fourth-order valence-corrected chi connectivity index (χ4v) is 8.13. The van der Waals surface area contributed by atoms with Crippen molar-refractivity contribution in [2.24, 2.45) is 5.92 Å². The van der Waals surface area contributed by atoms with Gasteiger partial charge in [0.25, 0.3) is 0 Å². The lowest BCUT2D eigenvalue weighted by atomic mass is 10.0. The topological polar surface area (TPSA) is 125 Å². The van der Waals surface area contributed by atoms with Crippen molar-refractivity contribution in [3.8, 4) is 0 Å². The highest BCUT2D eigenvalue weighted by Crippen LogP contribution is 2.20. The minimum Gasteiger partial charge on any atom is -0.465 e. The van der Waals surface area contributed by atoms with E-state index in [1.807, 2.05) is 0 Å². The van der Waals surface area contributed by atoms with E-state index in [1.165, 1.54) is 128 Å². The molecule has 0 unspecified atom stereocenters. The number of aliphatic hydroxyl groups excluding tert-OH is 1. The van der Waals surface area contributed by atoms with E-state index in [0.29, 0.717) is 25.7 Å². The van der Waals surface area contributed by atoms with Crippen LogP contribution in [0.1, 0.15) is 285 Å². The van der Waals surface area contributed by atoms with Crippen molar-refractivity contribution >= 4 is 23.9 Å². The maximum absolute atomic E-state index is 12.7. The van der Waals surface area contributed by atoms with Crippen LogP contribution in [0.3, 0.4) is 0 Å². The maximum atomic E-state index is 12.7. The van der Waals surface area contributed by atoms with E-state index in [1.54, 1.807) is 0 Å². The summed E-state index contributed by atoms with van der Waals surface area (Å²) in [5.41, 5.74) is 0. The Kier molecular flexibility index (Phi) is 46.2. The van der Waals surface area contributed by atoms with E-state index in [2.05, 4.69) is 27.7 Å². The Balaban J connectivity index is 4.19. The van der Waals surface area contributed by atoms with Gasteiger partial charge in [0.2, 0.25) is 0 Å². The molecule has 0 saturated heterocycles. The van der Waals surface area contributed by atoms with E-state index in [0.717, 1.165) is 89.9 Å². The van der Waals surface area contributed by atoms with E-state index in [4.69, 9.17) is 18.9 Å². The molecule has 1 N–H and O–H groups in total. The predicted octanol–water partition coefficient (Wildman–Crippen LogP) is 15.2. The molecule has 0 bridgehead atoms. The Bertz CT molecular complexity index is 923. The molecule has 9 nitrogen and oxygen atoms in total. The Hall–Kier alpha value is -2.16. The van der Waals surface area contributed by atoms with Gasteiger partial charge in [-0.1, -0.05) is 182 Å². The number of carbonyl (C=O) groups is 4. The number of unbranched alkanes of at least 4 members (excludes halogenated alkanes) is 26. The van der Waals surface area contributed by atoms with Gasteiger partial charge >= 0.3 is 23.9 Å². The van der Waals surface area contributed by atoms with Crippen molar-refractivity contribution in [3.63, 3.8) is 0 Å². The molecule has 0 amide bonds. The highest BCUT2D eigenvalue weighted by atomic mass is 16.6. The average Bonchev–Trinajstić information content (AvgIpc) is 3.27. The zero-order chi connectivity index (χ0) is 46.3. The van der Waals surface area contributed by atoms with E-state index in [-0.39, 0.29) is 68.7 Å². The third-order valence-electron chi connectivity index (χ3n) is 12.4. The van der Waals surface area contributed by atoms with Gasteiger partial charge < -0.3 is 24.1 Å². The average molecular weight is 895 g/mol. The summed E-state index contributed by atoms with van der Waals surface area (Å²) in [5, 5.41) is 9.77. The summed E-state index contributed by atoms with van der Waals surface area (Å²) in [5.74, 6) is -1.32. The minimum atomic E-state index is -0.466. The monoisotopic (exact) mass is 895 g/mol. The smallest absolute Gasteiger partial charge is 0.306 e. The van der Waals surface area contributed by atoms with Gasteiger partial charge in [-0.2, -0.15) is 0 Å². The number of ether oxygens (including phenoxy) is 4. The fraction of sp³-hybridized carbons (Fsp3) is 0.926. The molecule has 0 saturated carbocycles. The quantitative estimate of drug-likeness (QED) is 0.0361. The van der Waals surface area contributed by atoms with Crippen LogP contribution in [0, 0.1) is 5.92 Å². The molecule has 0 aliphatic heterocycles. The van der Waals surface area contributed by atoms with E-state index >= 15 is 0 Å². The second kappa shape index (κ2) is 47.8. The fourth-order valence-electron chi connectivity index (χ4n) is 8.13. The zero-order valence-corrected chi connectivity index (χ0v) is 41.9. The molecular weight excluding hydrogens is 793 g/mol. The molecule has 0 aromatic heterocycles. The molecule has 0 aliphatic carbocycles. The SMILES string of the molecule is CCCCCCCCC(CCCCCCCC)OC(=O)CCCCCCC(=O)OCC(CO)COC(=O)CCCCCCC(=O)OC(CCCCCCCC)CCCCCCCC. The van der Waals surface area contributed by atoms with Crippen LogP contribution in [0.5, 0.6) is 0 Å². The molecule has 0 atom stereocenters. The van der Waals surface area contributed by atoms with Gasteiger partial charge in [-0.05, 0) is 77.0 Å². The van der Waals surface area contributed by atoms with Crippen LogP contribution < -0.4 is 0 Å². The predicted molar refractivity (Wildman–Crippen MR) is 260 cm³/mol. The summed E-state index contributed by atoms with van der Waals surface area (Å²) in [4.78, 5) is 50.1. The minimum absolute atomic E-state index is 0.00196. The number of carbonyl (C=O) groups excluding carboxylic acids is 4. The van der Waals surface area contributed by atoms with Crippen LogP contribution in [0.15, 0.2) is 0 Å². The zero-order valence-electron chi connectivity index (χ0n) is 41.9. The number of hydrogen-bond donors (Lipinski definition) is 1. The summed E-state index contributed by atoms with van der Waals surface area (Å²) in [6, 6.07) is 0. The Labute approximate surface area is 388 Å². The lowest BCUT2D eigenvalue weighted by Crippen LogP contribution is -2.23. The number of hydrogen-bond acceptors (Lipinski definition) is 9. The molecule has 0 aliphatic rings. The molecule has 0 heterocycles. The molecule has 0 radical (unpaired) electrons. The van der Waals surface area contributed by atoms with Gasteiger partial charge in [-0.15, -0.1) is 0 Å². The number of rotatable bonds is 49. The maximum Gasteiger partial charge on any atom is 0.306 e. The van der Waals surface area contributed by atoms with Crippen LogP contribution in [0.4, 0.5) is 0 Å². The van der Waals surface area contributed by atoms with Gasteiger partial charge in [0, 0.05) is 25.7 Å². The van der Waals surface area contributed by atoms with Gasteiger partial charge in [0.1, 0.15) is 12.2 Å². The third-order valence-corrected chi connectivity index (χ3v) is 12.4. The van der Waals surface area contributed by atoms with Crippen LogP contribution in [0.2, 0.25) is 0 Å². The number of aliphatic hydroxyl groups is 1.